The molecule has 0 bridgehead atoms. The van der Waals surface area contributed by atoms with E-state index >= 15 is 0 Å². The fourth-order valence-corrected chi connectivity index (χ4v) is 2.03. The second kappa shape index (κ2) is 16.5. The summed E-state index contributed by atoms with van der Waals surface area (Å²) in [4.78, 5) is 10.4. The number of aliphatic hydroxyl groups excluding tert-OH is 3. The van der Waals surface area contributed by atoms with E-state index in [0.717, 1.165) is 12.8 Å². The Hall–Kier alpha value is -1.95. The molecule has 0 spiro atoms. The Morgan fingerprint density at radius 1 is 0.808 bits per heavy atom. The standard InChI is InChI=1S/C21H32O5/c1-2-11-18(22)12-8-5-9-15-19(23)13-6-3-4-7-14-20(24)16-10-17-21(25)26/h3-9,12-14,18-20,22-24H,2,10-11,15-17H2,1H3,(H,25,26)/b4-3+,9-5-,12-8+,13-6+,14-7-/t18-,19+,20-/m1/s1. The molecule has 0 aromatic carbocycles. The maximum atomic E-state index is 10.4. The van der Waals surface area contributed by atoms with E-state index in [1.54, 1.807) is 54.7 Å². The minimum absolute atomic E-state index is 0.0604. The molecule has 0 aromatic rings. The van der Waals surface area contributed by atoms with Crippen LogP contribution in [-0.4, -0.2) is 44.7 Å². The lowest BCUT2D eigenvalue weighted by Crippen LogP contribution is -2.03. The first-order valence-corrected chi connectivity index (χ1v) is 9.06. The van der Waals surface area contributed by atoms with E-state index in [1.165, 1.54) is 0 Å². The predicted octanol–water partition coefficient (Wildman–Crippen LogP) is 3.30. The number of aliphatic hydroxyl groups is 3. The molecule has 0 saturated carbocycles. The number of carboxylic acid groups (broad SMARTS) is 1. The zero-order valence-corrected chi connectivity index (χ0v) is 15.4. The van der Waals surface area contributed by atoms with Crippen LogP contribution in [0, 0.1) is 0 Å². The molecule has 4 N–H and O–H groups in total. The van der Waals surface area contributed by atoms with Crippen molar-refractivity contribution < 1.29 is 25.2 Å². The van der Waals surface area contributed by atoms with Gasteiger partial charge in [-0.3, -0.25) is 4.79 Å². The minimum Gasteiger partial charge on any atom is -0.481 e. The van der Waals surface area contributed by atoms with Crippen LogP contribution in [0.2, 0.25) is 0 Å². The largest absolute Gasteiger partial charge is 0.481 e. The third-order valence-corrected chi connectivity index (χ3v) is 3.43. The molecule has 0 fully saturated rings. The van der Waals surface area contributed by atoms with Gasteiger partial charge in [-0.1, -0.05) is 74.1 Å². The predicted molar refractivity (Wildman–Crippen MR) is 105 cm³/mol. The number of carboxylic acids is 1. The lowest BCUT2D eigenvalue weighted by Gasteiger charge is -2.02. The third-order valence-electron chi connectivity index (χ3n) is 3.43. The molecule has 3 atom stereocenters. The van der Waals surface area contributed by atoms with Gasteiger partial charge in [0.2, 0.25) is 0 Å². The van der Waals surface area contributed by atoms with Crippen molar-refractivity contribution in [1.29, 1.82) is 0 Å². The minimum atomic E-state index is -0.857. The molecule has 5 heteroatoms. The van der Waals surface area contributed by atoms with Crippen molar-refractivity contribution in [2.24, 2.45) is 0 Å². The molecule has 0 rings (SSSR count). The number of hydrogen-bond acceptors (Lipinski definition) is 4. The molecule has 0 saturated heterocycles. The van der Waals surface area contributed by atoms with Gasteiger partial charge in [-0.05, 0) is 25.7 Å². The Kier molecular flexibility index (Phi) is 15.3. The number of allylic oxidation sites excluding steroid dienone is 6. The smallest absolute Gasteiger partial charge is 0.303 e. The van der Waals surface area contributed by atoms with Crippen LogP contribution in [0.1, 0.15) is 45.4 Å². The maximum Gasteiger partial charge on any atom is 0.303 e. The van der Waals surface area contributed by atoms with Crippen molar-refractivity contribution in [1.82, 2.24) is 0 Å². The normalized spacial score (nSPS) is 16.5. The molecule has 146 valence electrons. The number of hydrogen-bond donors (Lipinski definition) is 4. The van der Waals surface area contributed by atoms with Gasteiger partial charge in [-0.15, -0.1) is 0 Å². The lowest BCUT2D eigenvalue weighted by molar-refractivity contribution is -0.137. The van der Waals surface area contributed by atoms with Crippen molar-refractivity contribution in [3.8, 4) is 0 Å². The van der Waals surface area contributed by atoms with Gasteiger partial charge < -0.3 is 20.4 Å². The van der Waals surface area contributed by atoms with Crippen LogP contribution in [0.5, 0.6) is 0 Å². The highest BCUT2D eigenvalue weighted by atomic mass is 16.4. The quantitative estimate of drug-likeness (QED) is 0.355. The highest BCUT2D eigenvalue weighted by Crippen LogP contribution is 2.02. The Bertz CT molecular complexity index is 503. The molecule has 0 unspecified atom stereocenters. The highest BCUT2D eigenvalue weighted by molar-refractivity contribution is 5.66. The van der Waals surface area contributed by atoms with E-state index in [-0.39, 0.29) is 6.42 Å². The summed E-state index contributed by atoms with van der Waals surface area (Å²) in [5.41, 5.74) is 0. The zero-order chi connectivity index (χ0) is 19.6. The van der Waals surface area contributed by atoms with Crippen molar-refractivity contribution in [2.75, 3.05) is 0 Å². The molecule has 0 aliphatic rings. The van der Waals surface area contributed by atoms with Crippen LogP contribution in [-0.2, 0) is 4.79 Å². The molecule has 26 heavy (non-hydrogen) atoms. The summed E-state index contributed by atoms with van der Waals surface area (Å²) < 4.78 is 0. The topological polar surface area (TPSA) is 98.0 Å². The molecule has 0 amide bonds. The molecular formula is C21H32O5. The Labute approximate surface area is 156 Å². The lowest BCUT2D eigenvalue weighted by atomic mass is 10.1. The summed E-state index contributed by atoms with van der Waals surface area (Å²) in [5, 5.41) is 37.4. The summed E-state index contributed by atoms with van der Waals surface area (Å²) in [6.07, 6.45) is 18.7. The summed E-state index contributed by atoms with van der Waals surface area (Å²) in [7, 11) is 0. The average Bonchev–Trinajstić information content (AvgIpc) is 2.57. The van der Waals surface area contributed by atoms with Gasteiger partial charge in [-0.25, -0.2) is 0 Å². The van der Waals surface area contributed by atoms with Gasteiger partial charge in [0.05, 0.1) is 18.3 Å². The zero-order valence-electron chi connectivity index (χ0n) is 15.4. The van der Waals surface area contributed by atoms with Crippen LogP contribution in [0.25, 0.3) is 0 Å². The molecule has 0 aromatic heterocycles. The van der Waals surface area contributed by atoms with Crippen molar-refractivity contribution >= 4 is 5.97 Å². The van der Waals surface area contributed by atoms with Gasteiger partial charge >= 0.3 is 5.97 Å². The number of rotatable bonds is 14. The van der Waals surface area contributed by atoms with Gasteiger partial charge in [0.15, 0.2) is 0 Å². The maximum absolute atomic E-state index is 10.4. The SMILES string of the molecule is CCC[C@@H](O)/C=C/C=C\C[C@@H](O)/C=C/C=C/C=C\[C@@H](O)CCCC(=O)O. The third kappa shape index (κ3) is 16.9. The van der Waals surface area contributed by atoms with Crippen LogP contribution < -0.4 is 0 Å². The van der Waals surface area contributed by atoms with Gasteiger partial charge in [0, 0.05) is 6.42 Å². The molecule has 0 radical (unpaired) electrons. The molecule has 0 aliphatic carbocycles. The van der Waals surface area contributed by atoms with Gasteiger partial charge in [-0.2, -0.15) is 0 Å². The number of aliphatic carboxylic acids is 1. The fraction of sp³-hybridized carbons (Fsp3) is 0.476. The molecule has 0 aliphatic heterocycles. The first-order chi connectivity index (χ1) is 12.5. The Balaban J connectivity index is 3.96. The van der Waals surface area contributed by atoms with Crippen LogP contribution in [0.15, 0.2) is 60.8 Å². The van der Waals surface area contributed by atoms with E-state index in [0.29, 0.717) is 19.3 Å². The van der Waals surface area contributed by atoms with E-state index in [1.807, 2.05) is 13.0 Å². The summed E-state index contributed by atoms with van der Waals surface area (Å²) in [6, 6.07) is 0. The van der Waals surface area contributed by atoms with E-state index in [2.05, 4.69) is 0 Å². The monoisotopic (exact) mass is 364 g/mol. The van der Waals surface area contributed by atoms with Crippen molar-refractivity contribution in [3.63, 3.8) is 0 Å². The first-order valence-electron chi connectivity index (χ1n) is 9.06. The summed E-state index contributed by atoms with van der Waals surface area (Å²) >= 11 is 0. The van der Waals surface area contributed by atoms with Crippen LogP contribution in [0.3, 0.4) is 0 Å². The molecule has 5 nitrogen and oxygen atoms in total. The van der Waals surface area contributed by atoms with Crippen molar-refractivity contribution in [3.05, 3.63) is 60.8 Å². The van der Waals surface area contributed by atoms with Crippen molar-refractivity contribution in [2.45, 2.75) is 63.8 Å². The first kappa shape index (κ1) is 24.1. The Morgan fingerprint density at radius 3 is 1.92 bits per heavy atom. The average molecular weight is 364 g/mol. The van der Waals surface area contributed by atoms with Crippen LogP contribution >= 0.6 is 0 Å². The van der Waals surface area contributed by atoms with Gasteiger partial charge in [0.25, 0.3) is 0 Å². The van der Waals surface area contributed by atoms with Crippen LogP contribution in [0.4, 0.5) is 0 Å². The fourth-order valence-electron chi connectivity index (χ4n) is 2.03. The van der Waals surface area contributed by atoms with Gasteiger partial charge in [0.1, 0.15) is 0 Å². The summed E-state index contributed by atoms with van der Waals surface area (Å²) in [6.45, 7) is 2.02. The van der Waals surface area contributed by atoms with E-state index in [4.69, 9.17) is 5.11 Å². The summed E-state index contributed by atoms with van der Waals surface area (Å²) in [5.74, 6) is -0.857. The Morgan fingerprint density at radius 2 is 1.35 bits per heavy atom. The second-order valence-corrected chi connectivity index (χ2v) is 5.98. The number of carbonyl (C=O) groups is 1. The highest BCUT2D eigenvalue weighted by Gasteiger charge is 2.01. The van der Waals surface area contributed by atoms with E-state index in [9.17, 15) is 20.1 Å². The second-order valence-electron chi connectivity index (χ2n) is 5.98. The van der Waals surface area contributed by atoms with E-state index < -0.39 is 24.3 Å². The molecule has 0 heterocycles. The molecular weight excluding hydrogens is 332 g/mol.